The van der Waals surface area contributed by atoms with E-state index in [1.165, 1.54) is 12.1 Å². The highest BCUT2D eigenvalue weighted by Gasteiger charge is 2.10. The molecule has 23 heavy (non-hydrogen) atoms. The molecule has 116 valence electrons. The van der Waals surface area contributed by atoms with Gasteiger partial charge in [-0.3, -0.25) is 20.1 Å². The van der Waals surface area contributed by atoms with Crippen molar-refractivity contribution in [3.05, 3.63) is 74.4 Å². The minimum absolute atomic E-state index is 0.285. The molecule has 0 spiro atoms. The van der Waals surface area contributed by atoms with Gasteiger partial charge in [-0.05, 0) is 24.3 Å². The molecule has 3 rings (SSSR count). The average Bonchev–Trinajstić information content (AvgIpc) is 3.10. The molecule has 3 aromatic rings. The maximum atomic E-state index is 13.5. The fourth-order valence-electron chi connectivity index (χ4n) is 2.27. The average molecular weight is 331 g/mol. The Morgan fingerprint density at radius 3 is 2.65 bits per heavy atom. The quantitative estimate of drug-likeness (QED) is 0.683. The van der Waals surface area contributed by atoms with Gasteiger partial charge < -0.3 is 0 Å². The van der Waals surface area contributed by atoms with Gasteiger partial charge in [-0.25, -0.2) is 4.39 Å². The summed E-state index contributed by atoms with van der Waals surface area (Å²) < 4.78 is 13.5. The highest BCUT2D eigenvalue weighted by atomic mass is 35.5. The number of H-pyrrole nitrogens is 3. The number of halogens is 2. The monoisotopic (exact) mass is 330 g/mol. The van der Waals surface area contributed by atoms with Crippen LogP contribution in [-0.2, 0) is 0 Å². The zero-order chi connectivity index (χ0) is 16.6. The molecule has 0 unspecified atom stereocenters. The first-order valence-corrected chi connectivity index (χ1v) is 7.02. The van der Waals surface area contributed by atoms with Crippen LogP contribution in [0.4, 0.5) is 4.39 Å². The highest BCUT2D eigenvalue weighted by molar-refractivity contribution is 6.30. The fraction of sp³-hybridized carbons (Fsp3) is 0. The SMILES string of the molecule is C=C/C(c1cc(-c2cc(F)cc(Cl)c2)n[nH]1)=c1/[nH][nH]c(=O)c1=C. The molecule has 0 saturated heterocycles. The van der Waals surface area contributed by atoms with Crippen LogP contribution in [0.25, 0.3) is 23.4 Å². The zero-order valence-corrected chi connectivity index (χ0v) is 12.7. The Bertz CT molecular complexity index is 1040. The molecule has 3 N–H and O–H groups in total. The summed E-state index contributed by atoms with van der Waals surface area (Å²) in [5.74, 6) is -0.444. The third-order valence-electron chi connectivity index (χ3n) is 3.38. The maximum absolute atomic E-state index is 13.5. The van der Waals surface area contributed by atoms with Gasteiger partial charge in [0.1, 0.15) is 5.82 Å². The summed E-state index contributed by atoms with van der Waals surface area (Å²) in [6.07, 6.45) is 1.57. The molecule has 0 fully saturated rings. The van der Waals surface area contributed by atoms with Crippen LogP contribution in [0.15, 0.2) is 41.7 Å². The summed E-state index contributed by atoms with van der Waals surface area (Å²) in [5.41, 5.74) is 1.98. The molecule has 0 atom stereocenters. The van der Waals surface area contributed by atoms with Crippen molar-refractivity contribution in [3.63, 3.8) is 0 Å². The van der Waals surface area contributed by atoms with Crippen LogP contribution in [0.1, 0.15) is 5.69 Å². The van der Waals surface area contributed by atoms with E-state index < -0.39 is 5.82 Å². The number of nitrogens with one attached hydrogen (secondary N) is 3. The Morgan fingerprint density at radius 1 is 1.26 bits per heavy atom. The Kier molecular flexibility index (Phi) is 3.75. The van der Waals surface area contributed by atoms with Crippen LogP contribution in [-0.4, -0.2) is 20.4 Å². The number of rotatable bonds is 3. The highest BCUT2D eigenvalue weighted by Crippen LogP contribution is 2.24. The first-order valence-electron chi connectivity index (χ1n) is 6.64. The number of benzene rings is 1. The van der Waals surface area contributed by atoms with Crippen molar-refractivity contribution in [1.29, 1.82) is 0 Å². The number of nitrogens with zero attached hydrogens (tertiary/aromatic N) is 1. The normalized spacial score (nSPS) is 12.3. The summed E-state index contributed by atoms with van der Waals surface area (Å²) in [7, 11) is 0. The summed E-state index contributed by atoms with van der Waals surface area (Å²) in [6.45, 7) is 7.46. The van der Waals surface area contributed by atoms with Crippen LogP contribution in [0.2, 0.25) is 5.02 Å². The first kappa shape index (κ1) is 15.1. The van der Waals surface area contributed by atoms with Crippen molar-refractivity contribution >= 4 is 23.8 Å². The van der Waals surface area contributed by atoms with E-state index in [2.05, 4.69) is 33.6 Å². The lowest BCUT2D eigenvalue weighted by Gasteiger charge is -1.98. The lowest BCUT2D eigenvalue weighted by Crippen LogP contribution is -2.33. The molecular weight excluding hydrogens is 319 g/mol. The van der Waals surface area contributed by atoms with Gasteiger partial charge in [0.15, 0.2) is 0 Å². The molecule has 0 aliphatic rings. The van der Waals surface area contributed by atoms with Crippen LogP contribution < -0.4 is 16.1 Å². The smallest absolute Gasteiger partial charge is 0.271 e. The number of hydrogen-bond donors (Lipinski definition) is 3. The van der Waals surface area contributed by atoms with E-state index in [9.17, 15) is 9.18 Å². The van der Waals surface area contributed by atoms with Crippen molar-refractivity contribution in [2.24, 2.45) is 0 Å². The molecule has 0 aliphatic heterocycles. The second kappa shape index (κ2) is 5.73. The number of hydrogen-bond acceptors (Lipinski definition) is 2. The molecule has 0 saturated carbocycles. The Hall–Kier alpha value is -2.86. The van der Waals surface area contributed by atoms with Crippen molar-refractivity contribution < 1.29 is 4.39 Å². The molecule has 0 radical (unpaired) electrons. The van der Waals surface area contributed by atoms with E-state index in [1.807, 2.05) is 0 Å². The van der Waals surface area contributed by atoms with E-state index in [4.69, 9.17) is 11.6 Å². The van der Waals surface area contributed by atoms with Gasteiger partial charge in [0.25, 0.3) is 5.56 Å². The van der Waals surface area contributed by atoms with Gasteiger partial charge in [-0.1, -0.05) is 30.8 Å². The lowest BCUT2D eigenvalue weighted by atomic mass is 10.1. The van der Waals surface area contributed by atoms with Crippen LogP contribution in [0.3, 0.4) is 0 Å². The number of aromatic amines is 3. The van der Waals surface area contributed by atoms with Gasteiger partial charge in [0.2, 0.25) is 0 Å². The molecule has 1 aromatic carbocycles. The van der Waals surface area contributed by atoms with Crippen LogP contribution in [0, 0.1) is 5.82 Å². The summed E-state index contributed by atoms with van der Waals surface area (Å²) >= 11 is 5.86. The predicted molar refractivity (Wildman–Crippen MR) is 87.9 cm³/mol. The maximum Gasteiger partial charge on any atom is 0.271 e. The summed E-state index contributed by atoms with van der Waals surface area (Å²) in [5, 5.41) is 13.3. The second-order valence-electron chi connectivity index (χ2n) is 4.88. The third kappa shape index (κ3) is 2.76. The van der Waals surface area contributed by atoms with Gasteiger partial charge in [-0.2, -0.15) is 5.10 Å². The van der Waals surface area contributed by atoms with E-state index in [0.717, 1.165) is 0 Å². The van der Waals surface area contributed by atoms with E-state index >= 15 is 0 Å². The first-order chi connectivity index (χ1) is 11.0. The van der Waals surface area contributed by atoms with Gasteiger partial charge in [0, 0.05) is 16.2 Å². The summed E-state index contributed by atoms with van der Waals surface area (Å²) in [6, 6.07) is 5.89. The molecule has 0 bridgehead atoms. The molecule has 0 aliphatic carbocycles. The molecule has 5 nitrogen and oxygen atoms in total. The Labute approximate surface area is 134 Å². The molecule has 2 aromatic heterocycles. The lowest BCUT2D eigenvalue weighted by molar-refractivity contribution is 0.628. The standard InChI is InChI=1S/C16H12ClFN4O/c1-3-12(15-8(2)16(23)22-21-15)14-7-13(19-20-14)9-4-10(17)6-11(18)5-9/h3-7,21H,1-2H2,(H,19,20)(H,22,23)/b15-12-. The van der Waals surface area contributed by atoms with Crippen LogP contribution >= 0.6 is 11.6 Å². The third-order valence-corrected chi connectivity index (χ3v) is 3.59. The molecule has 7 heteroatoms. The van der Waals surface area contributed by atoms with Gasteiger partial charge >= 0.3 is 0 Å². The van der Waals surface area contributed by atoms with Crippen molar-refractivity contribution in [3.8, 4) is 11.3 Å². The molecular formula is C16H12ClFN4O. The van der Waals surface area contributed by atoms with Gasteiger partial charge in [0.05, 0.1) is 22.0 Å². The van der Waals surface area contributed by atoms with Crippen LogP contribution in [0.5, 0.6) is 0 Å². The number of allylic oxidation sites excluding steroid dienone is 1. The fourth-order valence-corrected chi connectivity index (χ4v) is 2.49. The number of aromatic nitrogens is 4. The van der Waals surface area contributed by atoms with Crippen molar-refractivity contribution in [1.82, 2.24) is 20.4 Å². The Balaban J connectivity index is 2.17. The largest absolute Gasteiger partial charge is 0.297 e. The minimum atomic E-state index is -0.444. The minimum Gasteiger partial charge on any atom is -0.297 e. The topological polar surface area (TPSA) is 77.3 Å². The summed E-state index contributed by atoms with van der Waals surface area (Å²) in [4.78, 5) is 11.5. The van der Waals surface area contributed by atoms with Gasteiger partial charge in [-0.15, -0.1) is 0 Å². The molecule has 2 heterocycles. The van der Waals surface area contributed by atoms with E-state index in [1.54, 1.807) is 18.2 Å². The predicted octanol–water partition coefficient (Wildman–Crippen LogP) is 1.68. The van der Waals surface area contributed by atoms with Crippen molar-refractivity contribution in [2.75, 3.05) is 0 Å². The Morgan fingerprint density at radius 2 is 2.04 bits per heavy atom. The zero-order valence-electron chi connectivity index (χ0n) is 11.9. The van der Waals surface area contributed by atoms with E-state index in [-0.39, 0.29) is 10.6 Å². The van der Waals surface area contributed by atoms with Crippen molar-refractivity contribution in [2.45, 2.75) is 0 Å². The van der Waals surface area contributed by atoms with E-state index in [0.29, 0.717) is 33.1 Å². The second-order valence-corrected chi connectivity index (χ2v) is 5.31. The molecule has 0 amide bonds.